The maximum atomic E-state index is 3.61. The molecule has 0 bridgehead atoms. The maximum Gasteiger partial charge on any atom is 0.0231 e. The predicted octanol–water partition coefficient (Wildman–Crippen LogP) is 2.73. The quantitative estimate of drug-likeness (QED) is 0.736. The molecule has 0 aromatic heterocycles. The third-order valence-corrected chi connectivity index (χ3v) is 5.18. The van der Waals surface area contributed by atoms with Crippen LogP contribution < -0.4 is 5.32 Å². The number of rotatable bonds is 6. The van der Waals surface area contributed by atoms with Crippen molar-refractivity contribution in [2.75, 3.05) is 25.4 Å². The van der Waals surface area contributed by atoms with Crippen LogP contribution in [-0.4, -0.2) is 47.1 Å². The summed E-state index contributed by atoms with van der Waals surface area (Å²) in [7, 11) is 0. The van der Waals surface area contributed by atoms with Crippen molar-refractivity contribution in [2.24, 2.45) is 0 Å². The lowest BCUT2D eigenvalue weighted by Gasteiger charge is -2.40. The normalized spacial score (nSPS) is 27.0. The molecule has 0 radical (unpaired) electrons. The standard InChI is InChI=1S/C14H28N2S/c1-12(5-4-8-15-13-6-7-13)16-9-10-17-14(2,3)11-16/h12-13,15H,4-11H2,1-3H3. The summed E-state index contributed by atoms with van der Waals surface area (Å²) in [6, 6.07) is 1.63. The van der Waals surface area contributed by atoms with Crippen LogP contribution in [0.4, 0.5) is 0 Å². The van der Waals surface area contributed by atoms with E-state index in [1.54, 1.807) is 0 Å². The summed E-state index contributed by atoms with van der Waals surface area (Å²) in [6.45, 7) is 10.9. The zero-order chi connectivity index (χ0) is 12.3. The van der Waals surface area contributed by atoms with Gasteiger partial charge in [0.2, 0.25) is 0 Å². The Balaban J connectivity index is 1.62. The van der Waals surface area contributed by atoms with E-state index in [0.29, 0.717) is 4.75 Å². The first-order valence-electron chi connectivity index (χ1n) is 7.18. The zero-order valence-corrected chi connectivity index (χ0v) is 12.5. The van der Waals surface area contributed by atoms with Crippen molar-refractivity contribution in [2.45, 2.75) is 63.3 Å². The summed E-state index contributed by atoms with van der Waals surface area (Å²) in [4.78, 5) is 2.69. The van der Waals surface area contributed by atoms with Crippen LogP contribution in [0.2, 0.25) is 0 Å². The van der Waals surface area contributed by atoms with E-state index in [4.69, 9.17) is 0 Å². The van der Waals surface area contributed by atoms with E-state index in [0.717, 1.165) is 12.1 Å². The van der Waals surface area contributed by atoms with Crippen LogP contribution in [0.1, 0.15) is 46.5 Å². The molecule has 1 aliphatic heterocycles. The van der Waals surface area contributed by atoms with Gasteiger partial charge < -0.3 is 5.32 Å². The van der Waals surface area contributed by atoms with Crippen LogP contribution in [0.25, 0.3) is 0 Å². The molecule has 1 unspecified atom stereocenters. The molecule has 1 atom stereocenters. The van der Waals surface area contributed by atoms with E-state index in [9.17, 15) is 0 Å². The molecule has 0 spiro atoms. The molecular formula is C14H28N2S. The maximum absolute atomic E-state index is 3.61. The van der Waals surface area contributed by atoms with Gasteiger partial charge in [-0.25, -0.2) is 0 Å². The first kappa shape index (κ1) is 13.7. The van der Waals surface area contributed by atoms with Crippen molar-refractivity contribution in [1.29, 1.82) is 0 Å². The predicted molar refractivity (Wildman–Crippen MR) is 77.8 cm³/mol. The Morgan fingerprint density at radius 3 is 2.82 bits per heavy atom. The van der Waals surface area contributed by atoms with Crippen LogP contribution in [0.15, 0.2) is 0 Å². The number of hydrogen-bond donors (Lipinski definition) is 1. The second-order valence-corrected chi connectivity index (χ2v) is 8.10. The first-order valence-corrected chi connectivity index (χ1v) is 8.17. The Kier molecular flexibility index (Phi) is 4.79. The van der Waals surface area contributed by atoms with E-state index in [1.807, 2.05) is 0 Å². The summed E-state index contributed by atoms with van der Waals surface area (Å²) in [5, 5.41) is 3.61. The lowest BCUT2D eigenvalue weighted by molar-refractivity contribution is 0.188. The third-order valence-electron chi connectivity index (χ3n) is 3.89. The fraction of sp³-hybridized carbons (Fsp3) is 1.00. The van der Waals surface area contributed by atoms with Gasteiger partial charge in [0.25, 0.3) is 0 Å². The molecule has 2 aliphatic rings. The van der Waals surface area contributed by atoms with E-state index < -0.39 is 0 Å². The monoisotopic (exact) mass is 256 g/mol. The Bertz CT molecular complexity index is 238. The molecule has 1 saturated heterocycles. The van der Waals surface area contributed by atoms with Crippen molar-refractivity contribution >= 4 is 11.8 Å². The van der Waals surface area contributed by atoms with Gasteiger partial charge in [0.15, 0.2) is 0 Å². The molecule has 2 nitrogen and oxygen atoms in total. The largest absolute Gasteiger partial charge is 0.314 e. The van der Waals surface area contributed by atoms with Crippen molar-refractivity contribution in [3.8, 4) is 0 Å². The Morgan fingerprint density at radius 1 is 1.41 bits per heavy atom. The summed E-state index contributed by atoms with van der Waals surface area (Å²) >= 11 is 2.13. The molecule has 0 aromatic carbocycles. The average molecular weight is 256 g/mol. The third kappa shape index (κ3) is 4.80. The summed E-state index contributed by atoms with van der Waals surface area (Å²) < 4.78 is 0.457. The van der Waals surface area contributed by atoms with Gasteiger partial charge in [-0.2, -0.15) is 11.8 Å². The molecule has 0 aromatic rings. The SMILES string of the molecule is CC(CCCNC1CC1)N1CCSC(C)(C)C1. The molecule has 2 fully saturated rings. The lowest BCUT2D eigenvalue weighted by Crippen LogP contribution is -2.47. The minimum atomic E-state index is 0.457. The van der Waals surface area contributed by atoms with Crippen molar-refractivity contribution < 1.29 is 0 Å². The average Bonchev–Trinajstić information content (AvgIpc) is 3.06. The summed E-state index contributed by atoms with van der Waals surface area (Å²) in [5.41, 5.74) is 0. The van der Waals surface area contributed by atoms with E-state index >= 15 is 0 Å². The van der Waals surface area contributed by atoms with Gasteiger partial charge in [-0.05, 0) is 53.0 Å². The molecule has 0 amide bonds. The van der Waals surface area contributed by atoms with E-state index in [1.165, 1.54) is 51.1 Å². The topological polar surface area (TPSA) is 15.3 Å². The van der Waals surface area contributed by atoms with Crippen LogP contribution in [0.5, 0.6) is 0 Å². The van der Waals surface area contributed by atoms with Crippen LogP contribution >= 0.6 is 11.8 Å². The second-order valence-electron chi connectivity index (χ2n) is 6.30. The number of hydrogen-bond acceptors (Lipinski definition) is 3. The molecule has 2 rings (SSSR count). The molecule has 3 heteroatoms. The molecule has 1 N–H and O–H groups in total. The number of nitrogens with zero attached hydrogens (tertiary/aromatic N) is 1. The highest BCUT2D eigenvalue weighted by Crippen LogP contribution is 2.30. The molecule has 1 saturated carbocycles. The first-order chi connectivity index (χ1) is 8.07. The van der Waals surface area contributed by atoms with E-state index in [2.05, 4.69) is 42.7 Å². The van der Waals surface area contributed by atoms with Gasteiger partial charge in [-0.1, -0.05) is 0 Å². The molecule has 1 heterocycles. The summed E-state index contributed by atoms with van der Waals surface area (Å²) in [5.74, 6) is 1.30. The van der Waals surface area contributed by atoms with Gasteiger partial charge in [0.05, 0.1) is 0 Å². The van der Waals surface area contributed by atoms with Gasteiger partial charge in [0, 0.05) is 35.7 Å². The molecule has 17 heavy (non-hydrogen) atoms. The zero-order valence-electron chi connectivity index (χ0n) is 11.7. The van der Waals surface area contributed by atoms with E-state index in [-0.39, 0.29) is 0 Å². The lowest BCUT2D eigenvalue weighted by atomic mass is 10.1. The number of thioether (sulfide) groups is 1. The van der Waals surface area contributed by atoms with Crippen molar-refractivity contribution in [1.82, 2.24) is 10.2 Å². The minimum absolute atomic E-state index is 0.457. The van der Waals surface area contributed by atoms with Crippen molar-refractivity contribution in [3.05, 3.63) is 0 Å². The minimum Gasteiger partial charge on any atom is -0.314 e. The summed E-state index contributed by atoms with van der Waals surface area (Å²) in [6.07, 6.45) is 5.50. The smallest absolute Gasteiger partial charge is 0.0231 e. The fourth-order valence-electron chi connectivity index (χ4n) is 2.60. The van der Waals surface area contributed by atoms with Gasteiger partial charge >= 0.3 is 0 Å². The van der Waals surface area contributed by atoms with Gasteiger partial charge in [-0.3, -0.25) is 4.90 Å². The Hall–Kier alpha value is 0.270. The van der Waals surface area contributed by atoms with Gasteiger partial charge in [-0.15, -0.1) is 0 Å². The van der Waals surface area contributed by atoms with Crippen LogP contribution in [0, 0.1) is 0 Å². The Morgan fingerprint density at radius 2 is 2.18 bits per heavy atom. The fourth-order valence-corrected chi connectivity index (χ4v) is 3.74. The van der Waals surface area contributed by atoms with Crippen LogP contribution in [-0.2, 0) is 0 Å². The van der Waals surface area contributed by atoms with Crippen molar-refractivity contribution in [3.63, 3.8) is 0 Å². The highest BCUT2D eigenvalue weighted by atomic mass is 32.2. The van der Waals surface area contributed by atoms with Crippen LogP contribution in [0.3, 0.4) is 0 Å². The number of nitrogens with one attached hydrogen (secondary N) is 1. The molecule has 100 valence electrons. The Labute approximate surface area is 111 Å². The second kappa shape index (κ2) is 5.94. The molecule has 1 aliphatic carbocycles. The highest BCUT2D eigenvalue weighted by Gasteiger charge is 2.29. The van der Waals surface area contributed by atoms with Gasteiger partial charge in [0.1, 0.15) is 0 Å². The highest BCUT2D eigenvalue weighted by molar-refractivity contribution is 8.00. The molecular weight excluding hydrogens is 228 g/mol.